The van der Waals surface area contributed by atoms with Crippen molar-refractivity contribution in [3.8, 4) is 5.75 Å². The monoisotopic (exact) mass is 357 g/mol. The van der Waals surface area contributed by atoms with Crippen LogP contribution in [0.15, 0.2) is 48.5 Å². The lowest BCUT2D eigenvalue weighted by atomic mass is 9.94. The summed E-state index contributed by atoms with van der Waals surface area (Å²) in [5.41, 5.74) is 2.24. The zero-order valence-electron chi connectivity index (χ0n) is 16.4. The molecule has 2 aromatic carbocycles. The number of halogens is 1. The van der Waals surface area contributed by atoms with Gasteiger partial charge in [0, 0.05) is 19.3 Å². The van der Waals surface area contributed by atoms with E-state index in [9.17, 15) is 4.39 Å². The second-order valence-electron chi connectivity index (χ2n) is 7.07. The lowest BCUT2D eigenvalue weighted by molar-refractivity contribution is 0.402. The molecule has 0 amide bonds. The Bertz CT molecular complexity index is 658. The fourth-order valence-electron chi connectivity index (χ4n) is 3.52. The topological polar surface area (TPSA) is 12.5 Å². The van der Waals surface area contributed by atoms with Gasteiger partial charge in [0.2, 0.25) is 0 Å². The molecule has 0 saturated heterocycles. The number of nitrogens with zero attached hydrogens (tertiary/aromatic N) is 1. The van der Waals surface area contributed by atoms with Crippen molar-refractivity contribution in [2.75, 3.05) is 25.6 Å². The van der Waals surface area contributed by atoms with E-state index in [-0.39, 0.29) is 5.82 Å². The van der Waals surface area contributed by atoms with E-state index in [0.29, 0.717) is 5.92 Å². The van der Waals surface area contributed by atoms with Crippen LogP contribution >= 0.6 is 0 Å². The summed E-state index contributed by atoms with van der Waals surface area (Å²) in [5.74, 6) is 1.43. The third-order valence-electron chi connectivity index (χ3n) is 5.00. The number of benzene rings is 2. The van der Waals surface area contributed by atoms with Gasteiger partial charge in [-0.1, -0.05) is 44.0 Å². The van der Waals surface area contributed by atoms with Crippen molar-refractivity contribution in [1.29, 1.82) is 0 Å². The zero-order valence-corrected chi connectivity index (χ0v) is 16.4. The number of ether oxygens (including phenoxy) is 1. The molecule has 0 aromatic heterocycles. The highest BCUT2D eigenvalue weighted by Gasteiger charge is 2.13. The minimum absolute atomic E-state index is 0.171. The van der Waals surface area contributed by atoms with Gasteiger partial charge in [0.1, 0.15) is 11.6 Å². The lowest BCUT2D eigenvalue weighted by Gasteiger charge is -2.26. The van der Waals surface area contributed by atoms with E-state index in [4.69, 9.17) is 4.74 Å². The number of para-hydroxylation sites is 1. The fourth-order valence-corrected chi connectivity index (χ4v) is 3.52. The van der Waals surface area contributed by atoms with Crippen LogP contribution in [0.2, 0.25) is 0 Å². The summed E-state index contributed by atoms with van der Waals surface area (Å²) in [7, 11) is 3.80. The standard InChI is InChI=1S/C23H32FNO/c1-4-5-10-19(18-25(2)22-15-9-14-21(24)17-22)11-8-13-20-12-6-7-16-23(20)26-3/h6-7,9,12,14-17,19H,4-5,8,10-11,13,18H2,1-3H3/t19-/m0/s1. The number of methoxy groups -OCH3 is 1. The van der Waals surface area contributed by atoms with Gasteiger partial charge >= 0.3 is 0 Å². The van der Waals surface area contributed by atoms with Crippen LogP contribution in [0.5, 0.6) is 5.75 Å². The third kappa shape index (κ3) is 6.36. The van der Waals surface area contributed by atoms with Gasteiger partial charge < -0.3 is 9.64 Å². The molecule has 0 aliphatic rings. The smallest absolute Gasteiger partial charge is 0.125 e. The predicted molar refractivity (Wildman–Crippen MR) is 109 cm³/mol. The van der Waals surface area contributed by atoms with Crippen molar-refractivity contribution < 1.29 is 9.13 Å². The van der Waals surface area contributed by atoms with Gasteiger partial charge in [0.05, 0.1) is 7.11 Å². The Kier molecular flexibility index (Phi) is 8.46. The first kappa shape index (κ1) is 20.3. The third-order valence-corrected chi connectivity index (χ3v) is 5.00. The predicted octanol–water partition coefficient (Wildman–Crippen LogP) is 6.10. The number of anilines is 1. The summed E-state index contributed by atoms with van der Waals surface area (Å²) in [6, 6.07) is 15.1. The number of hydrogen-bond donors (Lipinski definition) is 0. The number of rotatable bonds is 11. The Morgan fingerprint density at radius 2 is 1.81 bits per heavy atom. The minimum Gasteiger partial charge on any atom is -0.496 e. The molecule has 0 aliphatic carbocycles. The lowest BCUT2D eigenvalue weighted by Crippen LogP contribution is -2.25. The maximum absolute atomic E-state index is 13.5. The number of unbranched alkanes of at least 4 members (excludes halogenated alkanes) is 1. The highest BCUT2D eigenvalue weighted by atomic mass is 19.1. The molecular weight excluding hydrogens is 325 g/mol. The quantitative estimate of drug-likeness (QED) is 0.482. The molecule has 0 N–H and O–H groups in total. The van der Waals surface area contributed by atoms with E-state index in [1.54, 1.807) is 19.2 Å². The van der Waals surface area contributed by atoms with Gasteiger partial charge in [-0.15, -0.1) is 0 Å². The first-order valence-corrected chi connectivity index (χ1v) is 9.72. The van der Waals surface area contributed by atoms with Crippen LogP contribution in [-0.2, 0) is 6.42 Å². The van der Waals surface area contributed by atoms with Crippen molar-refractivity contribution in [2.45, 2.75) is 45.4 Å². The average molecular weight is 358 g/mol. The normalized spacial score (nSPS) is 12.0. The Morgan fingerprint density at radius 3 is 2.54 bits per heavy atom. The zero-order chi connectivity index (χ0) is 18.8. The molecule has 1 atom stereocenters. The highest BCUT2D eigenvalue weighted by Crippen LogP contribution is 2.24. The van der Waals surface area contributed by atoms with Crippen LogP contribution < -0.4 is 9.64 Å². The molecular formula is C23H32FNO. The summed E-state index contributed by atoms with van der Waals surface area (Å²) >= 11 is 0. The maximum Gasteiger partial charge on any atom is 0.125 e. The first-order chi connectivity index (χ1) is 12.6. The second kappa shape index (κ2) is 10.8. The largest absolute Gasteiger partial charge is 0.496 e. The summed E-state index contributed by atoms with van der Waals surface area (Å²) in [5, 5.41) is 0. The Balaban J connectivity index is 1.91. The van der Waals surface area contributed by atoms with Crippen LogP contribution in [0.3, 0.4) is 0 Å². The Labute approximate surface area is 158 Å². The summed E-state index contributed by atoms with van der Waals surface area (Å²) < 4.78 is 18.9. The van der Waals surface area contributed by atoms with E-state index in [0.717, 1.165) is 30.8 Å². The Hall–Kier alpha value is -2.03. The SMILES string of the molecule is CCCC[C@@H](CCCc1ccccc1OC)CN(C)c1cccc(F)c1. The maximum atomic E-state index is 13.5. The molecule has 2 rings (SSSR count). The van der Waals surface area contributed by atoms with E-state index < -0.39 is 0 Å². The number of hydrogen-bond acceptors (Lipinski definition) is 2. The summed E-state index contributed by atoms with van der Waals surface area (Å²) in [6.07, 6.45) is 7.05. The van der Waals surface area contributed by atoms with Gasteiger partial charge in [-0.2, -0.15) is 0 Å². The molecule has 0 unspecified atom stereocenters. The minimum atomic E-state index is -0.171. The molecule has 0 spiro atoms. The molecule has 0 heterocycles. The van der Waals surface area contributed by atoms with Crippen molar-refractivity contribution in [2.24, 2.45) is 5.92 Å². The molecule has 0 saturated carbocycles. The van der Waals surface area contributed by atoms with Crippen molar-refractivity contribution in [3.05, 3.63) is 59.9 Å². The van der Waals surface area contributed by atoms with Crippen molar-refractivity contribution in [3.63, 3.8) is 0 Å². The van der Waals surface area contributed by atoms with Crippen molar-refractivity contribution >= 4 is 5.69 Å². The molecule has 2 aromatic rings. The van der Waals surface area contributed by atoms with E-state index in [1.807, 2.05) is 18.2 Å². The molecule has 0 aliphatic heterocycles. The highest BCUT2D eigenvalue weighted by molar-refractivity contribution is 5.45. The molecule has 2 nitrogen and oxygen atoms in total. The van der Waals surface area contributed by atoms with Crippen LogP contribution in [0.4, 0.5) is 10.1 Å². The van der Waals surface area contributed by atoms with Gasteiger partial charge in [0.15, 0.2) is 0 Å². The molecule has 26 heavy (non-hydrogen) atoms. The van der Waals surface area contributed by atoms with Gasteiger partial charge in [0.25, 0.3) is 0 Å². The average Bonchev–Trinajstić information content (AvgIpc) is 2.66. The van der Waals surface area contributed by atoms with E-state index in [1.165, 1.54) is 37.3 Å². The summed E-state index contributed by atoms with van der Waals surface area (Å²) in [6.45, 7) is 3.21. The molecule has 142 valence electrons. The number of aryl methyl sites for hydroxylation is 1. The fraction of sp³-hybridized carbons (Fsp3) is 0.478. The van der Waals surface area contributed by atoms with Crippen LogP contribution in [-0.4, -0.2) is 20.7 Å². The Morgan fingerprint density at radius 1 is 1.04 bits per heavy atom. The van der Waals surface area contributed by atoms with E-state index in [2.05, 4.69) is 31.0 Å². The van der Waals surface area contributed by atoms with Crippen molar-refractivity contribution in [1.82, 2.24) is 0 Å². The van der Waals surface area contributed by atoms with E-state index >= 15 is 0 Å². The van der Waals surface area contributed by atoms with Crippen LogP contribution in [0.25, 0.3) is 0 Å². The molecule has 3 heteroatoms. The second-order valence-corrected chi connectivity index (χ2v) is 7.07. The van der Waals surface area contributed by atoms with Crippen LogP contribution in [0.1, 0.15) is 44.6 Å². The van der Waals surface area contributed by atoms with Gasteiger partial charge in [-0.3, -0.25) is 0 Å². The summed E-state index contributed by atoms with van der Waals surface area (Å²) in [4.78, 5) is 2.19. The van der Waals surface area contributed by atoms with Gasteiger partial charge in [-0.05, 0) is 61.4 Å². The van der Waals surface area contributed by atoms with Crippen LogP contribution in [0, 0.1) is 11.7 Å². The molecule has 0 bridgehead atoms. The first-order valence-electron chi connectivity index (χ1n) is 9.72. The molecule has 0 fully saturated rings. The van der Waals surface area contributed by atoms with Gasteiger partial charge in [-0.25, -0.2) is 4.39 Å². The molecule has 0 radical (unpaired) electrons.